The van der Waals surface area contributed by atoms with Crippen molar-refractivity contribution in [3.63, 3.8) is 0 Å². The van der Waals surface area contributed by atoms with Crippen molar-refractivity contribution in [2.45, 2.75) is 19.7 Å². The van der Waals surface area contributed by atoms with Gasteiger partial charge in [0.25, 0.3) is 5.91 Å². The van der Waals surface area contributed by atoms with Gasteiger partial charge in [0, 0.05) is 23.4 Å². The SMILES string of the molecule is CCOCc1cc(C(=O)Nc2ccc(C(F)(F)F)cc2)ccc1OC. The second-order valence-electron chi connectivity index (χ2n) is 5.19. The highest BCUT2D eigenvalue weighted by Crippen LogP contribution is 2.30. The van der Waals surface area contributed by atoms with E-state index in [2.05, 4.69) is 5.32 Å². The van der Waals surface area contributed by atoms with E-state index in [4.69, 9.17) is 9.47 Å². The fourth-order valence-electron chi connectivity index (χ4n) is 2.19. The first kappa shape index (κ1) is 18.8. The summed E-state index contributed by atoms with van der Waals surface area (Å²) in [7, 11) is 1.52. The second-order valence-corrected chi connectivity index (χ2v) is 5.19. The molecule has 25 heavy (non-hydrogen) atoms. The summed E-state index contributed by atoms with van der Waals surface area (Å²) < 4.78 is 48.2. The predicted molar refractivity (Wildman–Crippen MR) is 87.7 cm³/mol. The van der Waals surface area contributed by atoms with Crippen molar-refractivity contribution in [3.05, 3.63) is 59.2 Å². The molecule has 0 aliphatic heterocycles. The van der Waals surface area contributed by atoms with Gasteiger partial charge in [-0.05, 0) is 49.4 Å². The van der Waals surface area contributed by atoms with E-state index in [1.165, 1.54) is 19.2 Å². The zero-order valence-corrected chi connectivity index (χ0v) is 13.8. The lowest BCUT2D eigenvalue weighted by atomic mass is 10.1. The molecular weight excluding hydrogens is 335 g/mol. The average Bonchev–Trinajstić information content (AvgIpc) is 2.59. The fourth-order valence-corrected chi connectivity index (χ4v) is 2.19. The van der Waals surface area contributed by atoms with Crippen molar-refractivity contribution in [1.29, 1.82) is 0 Å². The Morgan fingerprint density at radius 1 is 1.12 bits per heavy atom. The van der Waals surface area contributed by atoms with E-state index in [0.717, 1.165) is 12.1 Å². The smallest absolute Gasteiger partial charge is 0.416 e. The minimum absolute atomic E-state index is 0.278. The summed E-state index contributed by atoms with van der Waals surface area (Å²) in [5.41, 5.74) is 0.578. The molecule has 0 unspecified atom stereocenters. The molecule has 0 aromatic heterocycles. The van der Waals surface area contributed by atoms with Crippen LogP contribution in [0.4, 0.5) is 18.9 Å². The van der Waals surface area contributed by atoms with Gasteiger partial charge in [-0.2, -0.15) is 13.2 Å². The molecule has 0 aliphatic carbocycles. The maximum atomic E-state index is 12.6. The summed E-state index contributed by atoms with van der Waals surface area (Å²) in [6, 6.07) is 9.13. The Morgan fingerprint density at radius 3 is 2.36 bits per heavy atom. The van der Waals surface area contributed by atoms with Gasteiger partial charge in [-0.15, -0.1) is 0 Å². The quantitative estimate of drug-likeness (QED) is 0.832. The molecule has 0 saturated heterocycles. The molecule has 4 nitrogen and oxygen atoms in total. The summed E-state index contributed by atoms with van der Waals surface area (Å²) in [4.78, 5) is 12.3. The van der Waals surface area contributed by atoms with Gasteiger partial charge >= 0.3 is 6.18 Å². The third kappa shape index (κ3) is 4.96. The topological polar surface area (TPSA) is 47.6 Å². The Labute approximate surface area is 143 Å². The summed E-state index contributed by atoms with van der Waals surface area (Å²) in [5.74, 6) is 0.166. The van der Waals surface area contributed by atoms with Crippen LogP contribution in [0, 0.1) is 0 Å². The zero-order chi connectivity index (χ0) is 18.4. The van der Waals surface area contributed by atoms with Gasteiger partial charge in [-0.1, -0.05) is 0 Å². The number of carbonyl (C=O) groups excluding carboxylic acids is 1. The molecule has 0 radical (unpaired) electrons. The van der Waals surface area contributed by atoms with Crippen LogP contribution in [0.1, 0.15) is 28.4 Å². The van der Waals surface area contributed by atoms with Crippen LogP contribution in [0.5, 0.6) is 5.75 Å². The highest BCUT2D eigenvalue weighted by Gasteiger charge is 2.30. The highest BCUT2D eigenvalue weighted by atomic mass is 19.4. The molecule has 0 bridgehead atoms. The predicted octanol–water partition coefficient (Wildman–Crippen LogP) is 4.50. The van der Waals surface area contributed by atoms with Crippen LogP contribution in [-0.4, -0.2) is 19.6 Å². The number of hydrogen-bond donors (Lipinski definition) is 1. The molecular formula is C18H18F3NO3. The van der Waals surface area contributed by atoms with Crippen molar-refractivity contribution >= 4 is 11.6 Å². The number of benzene rings is 2. The number of alkyl halides is 3. The zero-order valence-electron chi connectivity index (χ0n) is 13.8. The molecule has 0 fully saturated rings. The van der Waals surface area contributed by atoms with E-state index in [0.29, 0.717) is 30.1 Å². The molecule has 2 aromatic rings. The number of halogens is 3. The first-order valence-corrected chi connectivity index (χ1v) is 7.58. The number of anilines is 1. The third-order valence-corrected chi connectivity index (χ3v) is 3.47. The third-order valence-electron chi connectivity index (χ3n) is 3.47. The van der Waals surface area contributed by atoms with Gasteiger partial charge in [0.15, 0.2) is 0 Å². The van der Waals surface area contributed by atoms with Gasteiger partial charge in [-0.3, -0.25) is 4.79 Å². The fraction of sp³-hybridized carbons (Fsp3) is 0.278. The molecule has 1 N–H and O–H groups in total. The highest BCUT2D eigenvalue weighted by molar-refractivity contribution is 6.04. The van der Waals surface area contributed by atoms with E-state index in [1.54, 1.807) is 18.2 Å². The van der Waals surface area contributed by atoms with Crippen molar-refractivity contribution in [2.24, 2.45) is 0 Å². The first-order chi connectivity index (χ1) is 11.8. The summed E-state index contributed by atoms with van der Waals surface area (Å²) in [6.45, 7) is 2.67. The van der Waals surface area contributed by atoms with E-state index >= 15 is 0 Å². The van der Waals surface area contributed by atoms with Crippen LogP contribution < -0.4 is 10.1 Å². The molecule has 2 rings (SSSR count). The largest absolute Gasteiger partial charge is 0.496 e. The van der Waals surface area contributed by atoms with Gasteiger partial charge in [0.2, 0.25) is 0 Å². The van der Waals surface area contributed by atoms with Gasteiger partial charge in [-0.25, -0.2) is 0 Å². The summed E-state index contributed by atoms with van der Waals surface area (Å²) >= 11 is 0. The molecule has 0 aliphatic rings. The van der Waals surface area contributed by atoms with E-state index < -0.39 is 17.6 Å². The van der Waals surface area contributed by atoms with Gasteiger partial charge in [0.1, 0.15) is 5.75 Å². The summed E-state index contributed by atoms with van der Waals surface area (Å²) in [5, 5.41) is 2.57. The van der Waals surface area contributed by atoms with E-state index in [1.807, 2.05) is 6.92 Å². The van der Waals surface area contributed by atoms with Crippen molar-refractivity contribution < 1.29 is 27.4 Å². The molecule has 0 atom stereocenters. The number of carbonyl (C=O) groups is 1. The molecule has 1 amide bonds. The number of hydrogen-bond acceptors (Lipinski definition) is 3. The van der Waals surface area contributed by atoms with E-state index in [9.17, 15) is 18.0 Å². The number of ether oxygens (including phenoxy) is 2. The number of amides is 1. The standard InChI is InChI=1S/C18H18F3NO3/c1-3-25-11-13-10-12(4-9-16(13)24-2)17(23)22-15-7-5-14(6-8-15)18(19,20)21/h4-10H,3,11H2,1-2H3,(H,22,23). The summed E-state index contributed by atoms with van der Waals surface area (Å²) in [6.07, 6.45) is -4.41. The van der Waals surface area contributed by atoms with Crippen molar-refractivity contribution in [1.82, 2.24) is 0 Å². The van der Waals surface area contributed by atoms with Gasteiger partial charge in [0.05, 0.1) is 19.3 Å². The van der Waals surface area contributed by atoms with Crippen LogP contribution in [0.15, 0.2) is 42.5 Å². The molecule has 0 heterocycles. The maximum Gasteiger partial charge on any atom is 0.416 e. The normalized spacial score (nSPS) is 11.2. The van der Waals surface area contributed by atoms with Gasteiger partial charge < -0.3 is 14.8 Å². The number of rotatable bonds is 6. The Kier molecular flexibility index (Phi) is 6.03. The van der Waals surface area contributed by atoms with Crippen molar-refractivity contribution in [3.8, 4) is 5.75 Å². The second kappa shape index (κ2) is 8.02. The number of nitrogens with one attached hydrogen (secondary N) is 1. The maximum absolute atomic E-state index is 12.6. The first-order valence-electron chi connectivity index (χ1n) is 7.58. The molecule has 0 saturated carbocycles. The van der Waals surface area contributed by atoms with Crippen LogP contribution in [0.2, 0.25) is 0 Å². The molecule has 2 aromatic carbocycles. The lowest BCUT2D eigenvalue weighted by Gasteiger charge is -2.12. The minimum atomic E-state index is -4.41. The monoisotopic (exact) mass is 353 g/mol. The van der Waals surface area contributed by atoms with Crippen LogP contribution in [-0.2, 0) is 17.5 Å². The van der Waals surface area contributed by atoms with Crippen LogP contribution >= 0.6 is 0 Å². The Bertz CT molecular complexity index is 727. The Balaban J connectivity index is 2.15. The van der Waals surface area contributed by atoms with Crippen LogP contribution in [0.25, 0.3) is 0 Å². The lowest BCUT2D eigenvalue weighted by molar-refractivity contribution is -0.137. The van der Waals surface area contributed by atoms with E-state index in [-0.39, 0.29) is 5.69 Å². The van der Waals surface area contributed by atoms with Crippen LogP contribution in [0.3, 0.4) is 0 Å². The number of methoxy groups -OCH3 is 1. The lowest BCUT2D eigenvalue weighted by Crippen LogP contribution is -2.13. The van der Waals surface area contributed by atoms with Crippen molar-refractivity contribution in [2.75, 3.05) is 19.0 Å². The Hall–Kier alpha value is -2.54. The molecule has 0 spiro atoms. The average molecular weight is 353 g/mol. The Morgan fingerprint density at radius 2 is 1.80 bits per heavy atom. The molecule has 7 heteroatoms. The molecule has 134 valence electrons. The minimum Gasteiger partial charge on any atom is -0.496 e.